The van der Waals surface area contributed by atoms with Crippen LogP contribution < -0.4 is 4.90 Å². The van der Waals surface area contributed by atoms with Crippen molar-refractivity contribution in [3.05, 3.63) is 28.7 Å². The molecule has 7 heteroatoms. The van der Waals surface area contributed by atoms with Gasteiger partial charge in [-0.1, -0.05) is 0 Å². The Balaban J connectivity index is 1.36. The highest BCUT2D eigenvalue weighted by molar-refractivity contribution is 5.51. The summed E-state index contributed by atoms with van der Waals surface area (Å²) in [5.41, 5.74) is 2.66. The van der Waals surface area contributed by atoms with Gasteiger partial charge in [0.1, 0.15) is 23.3 Å². The number of anilines is 1. The smallest absolute Gasteiger partial charge is 0.146 e. The van der Waals surface area contributed by atoms with Gasteiger partial charge in [-0.25, -0.2) is 9.97 Å². The number of piperidine rings is 1. The number of hydrogen-bond donors (Lipinski definition) is 0. The molecule has 1 atom stereocenters. The molecule has 0 unspecified atom stereocenters. The molecule has 0 radical (unpaired) electrons. The van der Waals surface area contributed by atoms with Crippen LogP contribution in [0.25, 0.3) is 0 Å². The van der Waals surface area contributed by atoms with Gasteiger partial charge in [-0.05, 0) is 65.0 Å². The average Bonchev–Trinajstić information content (AvgIpc) is 3.44. The molecule has 2 aromatic heterocycles. The molecule has 1 aliphatic carbocycles. The minimum absolute atomic E-state index is 0.422. The number of rotatable bonds is 4. The third kappa shape index (κ3) is 3.30. The Morgan fingerprint density at radius 3 is 2.68 bits per heavy atom. The van der Waals surface area contributed by atoms with E-state index in [2.05, 4.69) is 36.6 Å². The second kappa shape index (κ2) is 7.43. The van der Waals surface area contributed by atoms with E-state index < -0.39 is 0 Å². The van der Waals surface area contributed by atoms with Gasteiger partial charge in [-0.15, -0.1) is 10.2 Å². The lowest BCUT2D eigenvalue weighted by atomic mass is 9.96. The summed E-state index contributed by atoms with van der Waals surface area (Å²) in [5.74, 6) is 4.76. The summed E-state index contributed by atoms with van der Waals surface area (Å²) in [7, 11) is 2.15. The molecule has 0 spiro atoms. The van der Waals surface area contributed by atoms with E-state index in [1.165, 1.54) is 62.3 Å². The third-order valence-electron chi connectivity index (χ3n) is 6.67. The Labute approximate surface area is 167 Å². The van der Waals surface area contributed by atoms with Gasteiger partial charge in [0.05, 0.1) is 6.54 Å². The van der Waals surface area contributed by atoms with Crippen LogP contribution in [0.2, 0.25) is 0 Å². The first-order chi connectivity index (χ1) is 13.7. The molecule has 28 heavy (non-hydrogen) atoms. The lowest BCUT2D eigenvalue weighted by molar-refractivity contribution is 0.317. The first kappa shape index (κ1) is 18.0. The average molecular weight is 382 g/mol. The molecule has 150 valence electrons. The van der Waals surface area contributed by atoms with Gasteiger partial charge in [0.2, 0.25) is 0 Å². The largest absolute Gasteiger partial charge is 0.356 e. The van der Waals surface area contributed by atoms with Crippen molar-refractivity contribution in [1.29, 1.82) is 0 Å². The number of nitrogens with zero attached hydrogens (tertiary/aromatic N) is 7. The summed E-state index contributed by atoms with van der Waals surface area (Å²) in [4.78, 5) is 14.5. The fourth-order valence-corrected chi connectivity index (χ4v) is 5.18. The van der Waals surface area contributed by atoms with Gasteiger partial charge in [0.25, 0.3) is 0 Å². The van der Waals surface area contributed by atoms with Crippen LogP contribution in [0.5, 0.6) is 0 Å². The van der Waals surface area contributed by atoms with Crippen LogP contribution in [0.3, 0.4) is 0 Å². The zero-order valence-electron chi connectivity index (χ0n) is 17.2. The summed E-state index contributed by atoms with van der Waals surface area (Å²) in [6.45, 7) is 7.40. The molecule has 0 N–H and O–H groups in total. The van der Waals surface area contributed by atoms with E-state index in [9.17, 15) is 0 Å². The van der Waals surface area contributed by atoms with E-state index in [1.54, 1.807) is 0 Å². The summed E-state index contributed by atoms with van der Waals surface area (Å²) in [6.07, 6.45) is 8.41. The van der Waals surface area contributed by atoms with E-state index in [0.717, 1.165) is 49.9 Å². The molecule has 7 nitrogen and oxygen atoms in total. The molecule has 2 aromatic rings. The van der Waals surface area contributed by atoms with Crippen molar-refractivity contribution in [3.8, 4) is 0 Å². The molecule has 2 fully saturated rings. The van der Waals surface area contributed by atoms with Gasteiger partial charge in [0.15, 0.2) is 0 Å². The number of aryl methyl sites for hydroxylation is 2. The quantitative estimate of drug-likeness (QED) is 0.810. The maximum Gasteiger partial charge on any atom is 0.146 e. The Hall–Kier alpha value is -2.02. The molecule has 3 aliphatic rings. The van der Waals surface area contributed by atoms with Crippen molar-refractivity contribution in [2.75, 3.05) is 31.1 Å². The molecule has 2 aliphatic heterocycles. The second-order valence-electron chi connectivity index (χ2n) is 8.68. The monoisotopic (exact) mass is 381 g/mol. The predicted molar refractivity (Wildman–Crippen MR) is 108 cm³/mol. The number of hydrogen-bond acceptors (Lipinski definition) is 6. The van der Waals surface area contributed by atoms with Gasteiger partial charge < -0.3 is 9.47 Å². The fraction of sp³-hybridized carbons (Fsp3) is 0.714. The fourth-order valence-electron chi connectivity index (χ4n) is 5.18. The minimum Gasteiger partial charge on any atom is -0.356 e. The topological polar surface area (TPSA) is 63.0 Å². The van der Waals surface area contributed by atoms with Gasteiger partial charge >= 0.3 is 0 Å². The summed E-state index contributed by atoms with van der Waals surface area (Å²) < 4.78 is 2.25. The zero-order valence-corrected chi connectivity index (χ0v) is 17.2. The Bertz CT molecular complexity index is 853. The maximum atomic E-state index is 4.86. The molecule has 2 saturated heterocycles. The van der Waals surface area contributed by atoms with E-state index >= 15 is 0 Å². The highest BCUT2D eigenvalue weighted by Crippen LogP contribution is 2.34. The standard InChI is InChI=1S/C21H31N7/c1-15-22-18-9-5-8-17(18)21(23-15)28-12-6-7-16(13-28)20-25-24-19(26(20)2)14-27-10-3-4-11-27/h16H,3-14H2,1-2H3/t16-/m1/s1. The number of fused-ring (bicyclic) bond motifs is 1. The second-order valence-corrected chi connectivity index (χ2v) is 8.68. The van der Waals surface area contributed by atoms with E-state index in [-0.39, 0.29) is 0 Å². The normalized spacial score (nSPS) is 22.8. The van der Waals surface area contributed by atoms with Gasteiger partial charge in [0, 0.05) is 37.3 Å². The van der Waals surface area contributed by atoms with Crippen molar-refractivity contribution >= 4 is 5.82 Å². The molecule has 0 bridgehead atoms. The predicted octanol–water partition coefficient (Wildman–Crippen LogP) is 2.38. The highest BCUT2D eigenvalue weighted by atomic mass is 15.3. The van der Waals surface area contributed by atoms with Gasteiger partial charge in [-0.3, -0.25) is 4.90 Å². The first-order valence-corrected chi connectivity index (χ1v) is 10.9. The number of aromatic nitrogens is 5. The molecule has 0 aromatic carbocycles. The van der Waals surface area contributed by atoms with Crippen LogP contribution in [-0.2, 0) is 26.4 Å². The highest BCUT2D eigenvalue weighted by Gasteiger charge is 2.30. The van der Waals surface area contributed by atoms with Crippen LogP contribution in [0, 0.1) is 6.92 Å². The summed E-state index contributed by atoms with van der Waals surface area (Å²) in [6, 6.07) is 0. The SMILES string of the molecule is Cc1nc2c(c(N3CCC[C@@H](c4nnc(CN5CCCC5)n4C)C3)n1)CCC2. The van der Waals surface area contributed by atoms with E-state index in [1.807, 2.05) is 6.92 Å². The van der Waals surface area contributed by atoms with Crippen molar-refractivity contribution in [1.82, 2.24) is 29.6 Å². The molecule has 5 rings (SSSR count). The third-order valence-corrected chi connectivity index (χ3v) is 6.67. The molecule has 0 saturated carbocycles. The van der Waals surface area contributed by atoms with Crippen LogP contribution in [-0.4, -0.2) is 55.8 Å². The lowest BCUT2D eigenvalue weighted by Gasteiger charge is -2.34. The number of likely N-dealkylation sites (tertiary alicyclic amines) is 1. The van der Waals surface area contributed by atoms with E-state index in [0.29, 0.717) is 5.92 Å². The Morgan fingerprint density at radius 2 is 1.82 bits per heavy atom. The summed E-state index contributed by atoms with van der Waals surface area (Å²) >= 11 is 0. The lowest BCUT2D eigenvalue weighted by Crippen LogP contribution is -2.36. The maximum absolute atomic E-state index is 4.86. The van der Waals surface area contributed by atoms with Crippen molar-refractivity contribution in [2.24, 2.45) is 7.05 Å². The Morgan fingerprint density at radius 1 is 0.964 bits per heavy atom. The molecular formula is C21H31N7. The van der Waals surface area contributed by atoms with Crippen LogP contribution in [0.1, 0.15) is 66.8 Å². The molecular weight excluding hydrogens is 350 g/mol. The zero-order chi connectivity index (χ0) is 19.1. The van der Waals surface area contributed by atoms with Crippen LogP contribution in [0.15, 0.2) is 0 Å². The van der Waals surface area contributed by atoms with Crippen molar-refractivity contribution in [2.45, 2.75) is 64.3 Å². The molecule has 0 amide bonds. The van der Waals surface area contributed by atoms with Gasteiger partial charge in [-0.2, -0.15) is 0 Å². The van der Waals surface area contributed by atoms with E-state index in [4.69, 9.17) is 4.98 Å². The minimum atomic E-state index is 0.422. The van der Waals surface area contributed by atoms with Crippen molar-refractivity contribution < 1.29 is 0 Å². The molecule has 4 heterocycles. The van der Waals surface area contributed by atoms with Crippen LogP contribution in [0.4, 0.5) is 5.82 Å². The van der Waals surface area contributed by atoms with Crippen molar-refractivity contribution in [3.63, 3.8) is 0 Å². The van der Waals surface area contributed by atoms with Crippen LogP contribution >= 0.6 is 0 Å². The summed E-state index contributed by atoms with van der Waals surface area (Å²) in [5, 5.41) is 9.18. The first-order valence-electron chi connectivity index (χ1n) is 10.9. The Kier molecular flexibility index (Phi) is 4.78.